The van der Waals surface area contributed by atoms with E-state index < -0.39 is 5.23 Å². The number of carbonyl (C=O) groups is 3. The number of nitrogens with zero attached hydrogens (tertiary/aromatic N) is 3. The SMILES string of the molecule is CC(=O)NC[C@H](C)CCC(=O)[C@H](C)[C@H]1C(=NNc2ccc(N([O-])[O-])cc2N(O)O)C[C@@H]2[C@H]3CC=C4C[C@@H](OC(C)=O)CC[C@]4(C)[C@H]3CC[C@@]21C. The molecule has 1 amide bonds. The molecule has 0 spiro atoms. The average molecular weight is 696 g/mol. The Morgan fingerprint density at radius 3 is 2.48 bits per heavy atom. The van der Waals surface area contributed by atoms with Crippen LogP contribution in [0, 0.1) is 56.8 Å². The van der Waals surface area contributed by atoms with Crippen LogP contribution in [0.25, 0.3) is 0 Å². The highest BCUT2D eigenvalue weighted by Crippen LogP contribution is 2.66. The van der Waals surface area contributed by atoms with Crippen molar-refractivity contribution >= 4 is 40.4 Å². The molecule has 0 aromatic heterocycles. The maximum atomic E-state index is 13.9. The van der Waals surface area contributed by atoms with Gasteiger partial charge in [0, 0.05) is 56.5 Å². The number of fused-ring (bicyclic) bond motifs is 5. The quantitative estimate of drug-likeness (QED) is 0.103. The Morgan fingerprint density at radius 2 is 1.82 bits per heavy atom. The zero-order valence-electron chi connectivity index (χ0n) is 30.1. The fourth-order valence-corrected chi connectivity index (χ4v) is 10.0. The van der Waals surface area contributed by atoms with Gasteiger partial charge in [0.25, 0.3) is 0 Å². The zero-order valence-corrected chi connectivity index (χ0v) is 30.1. The summed E-state index contributed by atoms with van der Waals surface area (Å²) in [4.78, 5) is 37.1. The van der Waals surface area contributed by atoms with Gasteiger partial charge in [-0.05, 0) is 97.6 Å². The molecular weight excluding hydrogens is 642 g/mol. The van der Waals surface area contributed by atoms with Gasteiger partial charge < -0.3 is 25.7 Å². The van der Waals surface area contributed by atoms with Crippen molar-refractivity contribution in [2.24, 2.45) is 51.4 Å². The van der Waals surface area contributed by atoms with E-state index >= 15 is 0 Å². The van der Waals surface area contributed by atoms with Gasteiger partial charge in [-0.1, -0.05) is 39.3 Å². The normalized spacial score (nSPS) is 32.1. The van der Waals surface area contributed by atoms with Crippen LogP contribution in [0.2, 0.25) is 0 Å². The smallest absolute Gasteiger partial charge is 0.302 e. The van der Waals surface area contributed by atoms with E-state index in [1.54, 1.807) is 0 Å². The van der Waals surface area contributed by atoms with E-state index in [-0.39, 0.29) is 80.6 Å². The molecule has 4 aliphatic carbocycles. The molecule has 5 rings (SSSR count). The molecule has 1 aromatic carbocycles. The monoisotopic (exact) mass is 695 g/mol. The second-order valence-corrected chi connectivity index (χ2v) is 15.8. The summed E-state index contributed by atoms with van der Waals surface area (Å²) < 4.78 is 5.63. The number of hydrogen-bond donors (Lipinski definition) is 4. The molecule has 50 heavy (non-hydrogen) atoms. The van der Waals surface area contributed by atoms with Crippen LogP contribution in [-0.4, -0.2) is 46.4 Å². The van der Waals surface area contributed by atoms with Crippen molar-refractivity contribution < 1.29 is 29.5 Å². The van der Waals surface area contributed by atoms with Crippen molar-refractivity contribution in [2.45, 2.75) is 105 Å². The second kappa shape index (κ2) is 15.0. The number of hydrogen-bond acceptors (Lipinski definition) is 12. The van der Waals surface area contributed by atoms with Gasteiger partial charge in [-0.3, -0.25) is 30.2 Å². The largest absolute Gasteiger partial charge is 0.769 e. The van der Waals surface area contributed by atoms with E-state index in [1.807, 2.05) is 13.8 Å². The lowest BCUT2D eigenvalue weighted by molar-refractivity contribution is -0.148. The van der Waals surface area contributed by atoms with E-state index in [4.69, 9.17) is 9.84 Å². The van der Waals surface area contributed by atoms with Crippen LogP contribution < -0.4 is 21.2 Å². The number of nitrogens with one attached hydrogen (secondary N) is 2. The number of esters is 1. The molecule has 0 saturated heterocycles. The van der Waals surface area contributed by atoms with Gasteiger partial charge >= 0.3 is 5.97 Å². The molecule has 4 aliphatic rings. The standard InChI is InChI=1S/C37H53N5O8/c1-21(20-38-23(3)43)7-12-34(45)22(2)35-32(40-39-31-11-9-26(41(46)47)18-33(31)42(48)49)19-30-28-10-8-25-17-27(50-24(4)44)13-15-36(25,5)29(28)14-16-37(30,35)6/h8-9,11,18,21-22,27-30,35,39,48-49H,7,10,12-17,19-20H2,1-6H3,(H,38,43)/q-2/t21-,22+,27+,28+,29+,30-,35+,36+,37+/m1/s1. The maximum absolute atomic E-state index is 13.9. The third-order valence-corrected chi connectivity index (χ3v) is 12.6. The van der Waals surface area contributed by atoms with Crippen molar-refractivity contribution in [3.05, 3.63) is 40.3 Å². The first-order valence-corrected chi connectivity index (χ1v) is 18.0. The highest BCUT2D eigenvalue weighted by atomic mass is 16.8. The number of Topliss-reactive ketones (excluding diaryl/α,β-unsaturated/α-hetero) is 1. The van der Waals surface area contributed by atoms with Crippen molar-refractivity contribution in [3.8, 4) is 0 Å². The minimum absolute atomic E-state index is 0.0133. The summed E-state index contributed by atoms with van der Waals surface area (Å²) in [6.07, 6.45) is 9.45. The highest BCUT2D eigenvalue weighted by Gasteiger charge is 2.61. The van der Waals surface area contributed by atoms with Crippen LogP contribution in [0.4, 0.5) is 17.1 Å². The Labute approximate surface area is 294 Å². The fourth-order valence-electron chi connectivity index (χ4n) is 10.0. The van der Waals surface area contributed by atoms with Crippen LogP contribution in [0.3, 0.4) is 0 Å². The molecule has 0 bridgehead atoms. The Hall–Kier alpha value is -3.52. The number of allylic oxidation sites excluding steroid dienone is 1. The van der Waals surface area contributed by atoms with E-state index in [1.165, 1.54) is 31.6 Å². The van der Waals surface area contributed by atoms with Crippen molar-refractivity contribution in [2.75, 3.05) is 22.4 Å². The number of ketones is 1. The first-order chi connectivity index (χ1) is 23.5. The summed E-state index contributed by atoms with van der Waals surface area (Å²) in [5.41, 5.74) is 4.66. The van der Waals surface area contributed by atoms with Gasteiger partial charge in [-0.2, -0.15) is 5.10 Å². The summed E-state index contributed by atoms with van der Waals surface area (Å²) in [6.45, 7) is 12.2. The summed E-state index contributed by atoms with van der Waals surface area (Å²) >= 11 is 0. The van der Waals surface area contributed by atoms with Crippen LogP contribution in [0.15, 0.2) is 34.9 Å². The van der Waals surface area contributed by atoms with E-state index in [0.29, 0.717) is 37.6 Å². The molecule has 3 fully saturated rings. The predicted molar refractivity (Wildman–Crippen MR) is 190 cm³/mol. The Balaban J connectivity index is 1.45. The molecule has 276 valence electrons. The number of anilines is 3. The van der Waals surface area contributed by atoms with Crippen LogP contribution in [0.5, 0.6) is 0 Å². The lowest BCUT2D eigenvalue weighted by atomic mass is 9.47. The molecule has 4 N–H and O–H groups in total. The molecule has 0 heterocycles. The summed E-state index contributed by atoms with van der Waals surface area (Å²) in [5.74, 6) is 0.544. The molecule has 0 aliphatic heterocycles. The summed E-state index contributed by atoms with van der Waals surface area (Å²) in [5, 5.41) is 49.4. The van der Waals surface area contributed by atoms with Gasteiger partial charge in [0.1, 0.15) is 17.6 Å². The Kier molecular flexibility index (Phi) is 11.3. The fraction of sp³-hybridized carbons (Fsp3) is 0.676. The molecule has 0 unspecified atom stereocenters. The molecule has 0 radical (unpaired) electrons. The summed E-state index contributed by atoms with van der Waals surface area (Å²) in [6, 6.07) is 3.71. The van der Waals surface area contributed by atoms with Gasteiger partial charge in [0.15, 0.2) is 0 Å². The molecular formula is C37H53N5O8-2. The third kappa shape index (κ3) is 7.56. The lowest BCUT2D eigenvalue weighted by Gasteiger charge is -2.58. The maximum Gasteiger partial charge on any atom is 0.302 e. The minimum atomic E-state index is -0.616. The van der Waals surface area contributed by atoms with Gasteiger partial charge in [0.05, 0.1) is 5.69 Å². The van der Waals surface area contributed by atoms with Crippen molar-refractivity contribution in [1.29, 1.82) is 0 Å². The number of ether oxygens (including phenoxy) is 1. The molecule has 1 aromatic rings. The second-order valence-electron chi connectivity index (χ2n) is 15.8. The molecule has 3 saturated carbocycles. The number of rotatable bonds is 12. The van der Waals surface area contributed by atoms with Crippen molar-refractivity contribution in [1.82, 2.24) is 5.32 Å². The van der Waals surface area contributed by atoms with Crippen molar-refractivity contribution in [3.63, 3.8) is 0 Å². The summed E-state index contributed by atoms with van der Waals surface area (Å²) in [7, 11) is 0. The lowest BCUT2D eigenvalue weighted by Crippen LogP contribution is -2.51. The topological polar surface area (TPSA) is 190 Å². The number of carbonyl (C=O) groups excluding carboxylic acids is 3. The minimum Gasteiger partial charge on any atom is -0.769 e. The predicted octanol–water partition coefficient (Wildman–Crippen LogP) is 6.72. The molecule has 9 atom stereocenters. The Bertz CT molecular complexity index is 1510. The van der Waals surface area contributed by atoms with Gasteiger partial charge in [-0.15, -0.1) is 5.23 Å². The zero-order chi connectivity index (χ0) is 36.5. The molecule has 13 heteroatoms. The number of amides is 1. The average Bonchev–Trinajstić information content (AvgIpc) is 3.36. The third-order valence-electron chi connectivity index (χ3n) is 12.6. The van der Waals surface area contributed by atoms with Crippen LogP contribution >= 0.6 is 0 Å². The number of hydrazone groups is 1. The Morgan fingerprint density at radius 1 is 1.08 bits per heavy atom. The van der Waals surface area contributed by atoms with Crippen LogP contribution in [0.1, 0.15) is 99.3 Å². The van der Waals surface area contributed by atoms with E-state index in [0.717, 1.165) is 50.3 Å². The van der Waals surface area contributed by atoms with Gasteiger partial charge in [-0.25, -0.2) is 0 Å². The first kappa shape index (κ1) is 37.7. The van der Waals surface area contributed by atoms with E-state index in [2.05, 4.69) is 30.7 Å². The highest BCUT2D eigenvalue weighted by molar-refractivity contribution is 5.96. The van der Waals surface area contributed by atoms with Crippen LogP contribution in [-0.2, 0) is 19.1 Å². The first-order valence-electron chi connectivity index (χ1n) is 18.0. The molecule has 13 nitrogen and oxygen atoms in total. The van der Waals surface area contributed by atoms with E-state index in [9.17, 15) is 35.2 Å². The number of benzene rings is 1. The van der Waals surface area contributed by atoms with Gasteiger partial charge in [0.2, 0.25) is 5.91 Å².